The van der Waals surface area contributed by atoms with Crippen molar-refractivity contribution in [3.8, 4) is 0 Å². The third-order valence-electron chi connectivity index (χ3n) is 3.03. The average Bonchev–Trinajstić information content (AvgIpc) is 2.08. The Labute approximate surface area is 85.0 Å². The molecule has 0 aromatic heterocycles. The molecule has 0 bridgehead atoms. The van der Waals surface area contributed by atoms with Crippen molar-refractivity contribution in [2.24, 2.45) is 5.41 Å². The maximum atomic E-state index is 3.55. The molecule has 1 N–H and O–H groups in total. The van der Waals surface area contributed by atoms with Crippen LogP contribution in [0.2, 0.25) is 0 Å². The van der Waals surface area contributed by atoms with Crippen LogP contribution in [0.15, 0.2) is 0 Å². The zero-order chi connectivity index (χ0) is 10.1. The Hall–Kier alpha value is 0.310. The lowest BCUT2D eigenvalue weighted by Crippen LogP contribution is -2.28. The summed E-state index contributed by atoms with van der Waals surface area (Å²) < 4.78 is 0. The predicted octanol–water partition coefficient (Wildman–Crippen LogP) is 2.46. The van der Waals surface area contributed by atoms with E-state index in [1.54, 1.807) is 0 Å². The molecule has 0 aromatic carbocycles. The van der Waals surface area contributed by atoms with Gasteiger partial charge in [0.1, 0.15) is 0 Å². The fourth-order valence-electron chi connectivity index (χ4n) is 2.08. The van der Waals surface area contributed by atoms with E-state index in [-0.39, 0.29) is 10.0 Å². The quantitative estimate of drug-likeness (QED) is 0.690. The lowest BCUT2D eigenvalue weighted by Gasteiger charge is -2.39. The van der Waals surface area contributed by atoms with Gasteiger partial charge in [-0.25, -0.2) is 10.0 Å². The third kappa shape index (κ3) is 3.51. The van der Waals surface area contributed by atoms with Crippen molar-refractivity contribution in [3.63, 3.8) is 0 Å². The van der Waals surface area contributed by atoms with Gasteiger partial charge in [0, 0.05) is 6.54 Å². The van der Waals surface area contributed by atoms with Crippen LogP contribution in [-0.2, 0) is 0 Å². The highest BCUT2D eigenvalue weighted by molar-refractivity contribution is 8.32. The molecule has 1 aliphatic heterocycles. The minimum atomic E-state index is -0.360. The number of nitrogens with one attached hydrogen (secondary N) is 1. The van der Waals surface area contributed by atoms with Gasteiger partial charge in [-0.3, -0.25) is 0 Å². The van der Waals surface area contributed by atoms with Crippen LogP contribution in [0.25, 0.3) is 0 Å². The molecule has 1 saturated heterocycles. The third-order valence-corrected chi connectivity index (χ3v) is 5.43. The fourth-order valence-corrected chi connectivity index (χ4v) is 3.86. The maximum Gasteiger partial charge on any atom is 0.000291 e. The molecule has 0 spiro atoms. The van der Waals surface area contributed by atoms with Gasteiger partial charge in [-0.15, -0.1) is 0 Å². The van der Waals surface area contributed by atoms with Gasteiger partial charge in [-0.1, -0.05) is 13.8 Å². The van der Waals surface area contributed by atoms with Crippen LogP contribution in [0.4, 0.5) is 0 Å². The Kier molecular flexibility index (Phi) is 3.34. The van der Waals surface area contributed by atoms with Crippen LogP contribution in [0, 0.1) is 5.41 Å². The molecule has 1 atom stereocenters. The zero-order valence-corrected chi connectivity index (χ0v) is 10.6. The molecular weight excluding hydrogens is 178 g/mol. The van der Waals surface area contributed by atoms with Crippen molar-refractivity contribution in [3.05, 3.63) is 0 Å². The van der Waals surface area contributed by atoms with E-state index < -0.39 is 0 Å². The molecule has 1 heterocycles. The second kappa shape index (κ2) is 3.82. The Balaban J connectivity index is 2.65. The van der Waals surface area contributed by atoms with E-state index >= 15 is 0 Å². The van der Waals surface area contributed by atoms with E-state index in [1.807, 2.05) is 0 Å². The van der Waals surface area contributed by atoms with E-state index in [2.05, 4.69) is 37.9 Å². The van der Waals surface area contributed by atoms with Crippen molar-refractivity contribution >= 4 is 10.0 Å². The standard InChI is InChI=1S/C11H25NS/c1-11(2)8-10(13(3,4)5)6-7-12-9-11/h10,12H,6-9H2,1-5H3. The molecular formula is C11H25NS. The van der Waals surface area contributed by atoms with Gasteiger partial charge >= 0.3 is 0 Å². The first-order valence-electron chi connectivity index (χ1n) is 5.19. The van der Waals surface area contributed by atoms with Crippen LogP contribution in [0.5, 0.6) is 0 Å². The normalized spacial score (nSPS) is 31.0. The highest BCUT2D eigenvalue weighted by Gasteiger charge is 2.30. The van der Waals surface area contributed by atoms with E-state index in [4.69, 9.17) is 0 Å². The monoisotopic (exact) mass is 203 g/mol. The van der Waals surface area contributed by atoms with Crippen molar-refractivity contribution in [1.29, 1.82) is 0 Å². The Morgan fingerprint density at radius 2 is 1.85 bits per heavy atom. The highest BCUT2D eigenvalue weighted by atomic mass is 32.3. The number of hydrogen-bond acceptors (Lipinski definition) is 1. The van der Waals surface area contributed by atoms with Gasteiger partial charge in [0.2, 0.25) is 0 Å². The number of rotatable bonds is 1. The van der Waals surface area contributed by atoms with Gasteiger partial charge in [0.25, 0.3) is 0 Å². The largest absolute Gasteiger partial charge is 0.316 e. The molecule has 1 nitrogen and oxygen atoms in total. The van der Waals surface area contributed by atoms with Gasteiger partial charge in [-0.05, 0) is 48.8 Å². The summed E-state index contributed by atoms with van der Waals surface area (Å²) >= 11 is 0. The lowest BCUT2D eigenvalue weighted by molar-refractivity contribution is 0.338. The summed E-state index contributed by atoms with van der Waals surface area (Å²) in [6, 6.07) is 0. The number of hydrogen-bond donors (Lipinski definition) is 1. The Morgan fingerprint density at radius 1 is 1.23 bits per heavy atom. The average molecular weight is 203 g/mol. The first-order valence-corrected chi connectivity index (χ1v) is 8.11. The molecule has 0 saturated carbocycles. The first kappa shape index (κ1) is 11.4. The first-order chi connectivity index (χ1) is 5.81. The molecule has 2 heteroatoms. The topological polar surface area (TPSA) is 12.0 Å². The van der Waals surface area contributed by atoms with Crippen molar-refractivity contribution < 1.29 is 0 Å². The van der Waals surface area contributed by atoms with Gasteiger partial charge < -0.3 is 5.32 Å². The van der Waals surface area contributed by atoms with E-state index in [9.17, 15) is 0 Å². The molecule has 13 heavy (non-hydrogen) atoms. The van der Waals surface area contributed by atoms with E-state index in [0.29, 0.717) is 5.41 Å². The van der Waals surface area contributed by atoms with Crippen molar-refractivity contribution in [2.45, 2.75) is 31.9 Å². The minimum absolute atomic E-state index is 0.360. The maximum absolute atomic E-state index is 3.55. The summed E-state index contributed by atoms with van der Waals surface area (Å²) in [4.78, 5) is 0. The smallest absolute Gasteiger partial charge is 0.000291 e. The molecule has 0 radical (unpaired) electrons. The molecule has 0 amide bonds. The zero-order valence-electron chi connectivity index (χ0n) is 9.81. The molecule has 1 fully saturated rings. The van der Waals surface area contributed by atoms with E-state index in [0.717, 1.165) is 5.25 Å². The van der Waals surface area contributed by atoms with Crippen LogP contribution in [-0.4, -0.2) is 37.1 Å². The van der Waals surface area contributed by atoms with Crippen molar-refractivity contribution in [2.75, 3.05) is 31.9 Å². The van der Waals surface area contributed by atoms with Crippen LogP contribution >= 0.6 is 10.0 Å². The minimum Gasteiger partial charge on any atom is -0.316 e. The molecule has 1 unspecified atom stereocenters. The van der Waals surface area contributed by atoms with Gasteiger partial charge in [0.15, 0.2) is 0 Å². The Morgan fingerprint density at radius 3 is 2.38 bits per heavy atom. The Bertz CT molecular complexity index is 169. The van der Waals surface area contributed by atoms with Crippen molar-refractivity contribution in [1.82, 2.24) is 5.32 Å². The van der Waals surface area contributed by atoms with Crippen LogP contribution < -0.4 is 5.32 Å². The molecule has 0 aliphatic carbocycles. The second-order valence-electron chi connectivity index (χ2n) is 5.89. The van der Waals surface area contributed by atoms with Crippen LogP contribution in [0.3, 0.4) is 0 Å². The highest BCUT2D eigenvalue weighted by Crippen LogP contribution is 2.48. The summed E-state index contributed by atoms with van der Waals surface area (Å²) in [5, 5.41) is 4.51. The SMILES string of the molecule is CC1(C)CNCCC(S(C)(C)C)C1. The fraction of sp³-hybridized carbons (Fsp3) is 1.00. The summed E-state index contributed by atoms with van der Waals surface area (Å²) in [6.45, 7) is 7.20. The lowest BCUT2D eigenvalue weighted by atomic mass is 9.88. The molecule has 80 valence electrons. The predicted molar refractivity (Wildman–Crippen MR) is 65.0 cm³/mol. The summed E-state index contributed by atoms with van der Waals surface area (Å²) in [5.74, 6) is 0. The summed E-state index contributed by atoms with van der Waals surface area (Å²) in [5.41, 5.74) is 0.501. The molecule has 1 rings (SSSR count). The summed E-state index contributed by atoms with van der Waals surface area (Å²) in [6.07, 6.45) is 10.2. The van der Waals surface area contributed by atoms with Gasteiger partial charge in [0.05, 0.1) is 0 Å². The van der Waals surface area contributed by atoms with Crippen LogP contribution in [0.1, 0.15) is 26.7 Å². The summed E-state index contributed by atoms with van der Waals surface area (Å²) in [7, 11) is -0.360. The van der Waals surface area contributed by atoms with E-state index in [1.165, 1.54) is 25.9 Å². The van der Waals surface area contributed by atoms with Gasteiger partial charge in [-0.2, -0.15) is 0 Å². The molecule has 0 aromatic rings. The second-order valence-corrected chi connectivity index (χ2v) is 10.4. The molecule has 1 aliphatic rings.